The number of methoxy groups -OCH3 is 2. The maximum atomic E-state index is 13.0. The second-order valence-electron chi connectivity index (χ2n) is 8.04. The van der Waals surface area contributed by atoms with Crippen molar-refractivity contribution in [2.24, 2.45) is 0 Å². The number of benzene rings is 3. The Morgan fingerprint density at radius 1 is 0.973 bits per heavy atom. The van der Waals surface area contributed by atoms with Gasteiger partial charge in [-0.15, -0.1) is 0 Å². The summed E-state index contributed by atoms with van der Waals surface area (Å²) >= 11 is 4.65. The van der Waals surface area contributed by atoms with Crippen LogP contribution in [-0.2, 0) is 4.79 Å². The minimum absolute atomic E-state index is 0.184. The maximum Gasteiger partial charge on any atom is 0.237 e. The van der Waals surface area contributed by atoms with Crippen LogP contribution in [0.1, 0.15) is 12.5 Å². The standard InChI is InChI=1S/C29H24BrN3O3S/c1-18(28(34)32-22-12-10-21(30)11-13-22)37-29-24(17-31)23(16-25(33-29)19-7-5-4-6-8-19)20-9-14-26(35-2)27(15-20)36-3/h4-16,18H,1-3H3,(H,32,34). The molecular weight excluding hydrogens is 550 g/mol. The molecule has 186 valence electrons. The first-order valence-corrected chi connectivity index (χ1v) is 13.1. The number of nitriles is 1. The summed E-state index contributed by atoms with van der Waals surface area (Å²) in [5, 5.41) is 13.1. The van der Waals surface area contributed by atoms with E-state index in [0.29, 0.717) is 39.0 Å². The van der Waals surface area contributed by atoms with Crippen molar-refractivity contribution in [2.75, 3.05) is 19.5 Å². The largest absolute Gasteiger partial charge is 0.493 e. The lowest BCUT2D eigenvalue weighted by Crippen LogP contribution is -2.22. The first-order valence-electron chi connectivity index (χ1n) is 11.4. The van der Waals surface area contributed by atoms with Crippen LogP contribution in [0, 0.1) is 11.3 Å². The number of nitrogens with one attached hydrogen (secondary N) is 1. The number of nitrogens with zero attached hydrogens (tertiary/aromatic N) is 2. The SMILES string of the molecule is COc1ccc(-c2cc(-c3ccccc3)nc(SC(C)C(=O)Nc3ccc(Br)cc3)c2C#N)cc1OC. The van der Waals surface area contributed by atoms with Gasteiger partial charge in [0, 0.05) is 21.3 Å². The van der Waals surface area contributed by atoms with Gasteiger partial charge in [0.15, 0.2) is 11.5 Å². The predicted molar refractivity (Wildman–Crippen MR) is 151 cm³/mol. The second-order valence-corrected chi connectivity index (χ2v) is 10.3. The molecule has 1 unspecified atom stereocenters. The highest BCUT2D eigenvalue weighted by molar-refractivity contribution is 9.10. The fourth-order valence-corrected chi connectivity index (χ4v) is 4.89. The molecule has 0 aliphatic rings. The van der Waals surface area contributed by atoms with Crippen LogP contribution in [0.2, 0.25) is 0 Å². The van der Waals surface area contributed by atoms with E-state index in [1.807, 2.05) is 72.8 Å². The fourth-order valence-electron chi connectivity index (χ4n) is 3.70. The minimum atomic E-state index is -0.507. The van der Waals surface area contributed by atoms with Crippen LogP contribution >= 0.6 is 27.7 Å². The van der Waals surface area contributed by atoms with E-state index in [4.69, 9.17) is 14.5 Å². The van der Waals surface area contributed by atoms with Gasteiger partial charge in [-0.2, -0.15) is 5.26 Å². The molecule has 37 heavy (non-hydrogen) atoms. The third-order valence-corrected chi connectivity index (χ3v) is 7.25. The Morgan fingerprint density at radius 3 is 2.32 bits per heavy atom. The smallest absolute Gasteiger partial charge is 0.237 e. The highest BCUT2D eigenvalue weighted by atomic mass is 79.9. The number of ether oxygens (including phenoxy) is 2. The summed E-state index contributed by atoms with van der Waals surface area (Å²) in [6.45, 7) is 1.80. The lowest BCUT2D eigenvalue weighted by Gasteiger charge is -2.16. The Morgan fingerprint density at radius 2 is 1.68 bits per heavy atom. The highest BCUT2D eigenvalue weighted by Gasteiger charge is 2.22. The van der Waals surface area contributed by atoms with E-state index in [9.17, 15) is 10.1 Å². The lowest BCUT2D eigenvalue weighted by molar-refractivity contribution is -0.115. The first-order chi connectivity index (χ1) is 17.9. The Bertz CT molecular complexity index is 1450. The molecule has 0 radical (unpaired) electrons. The number of thioether (sulfide) groups is 1. The molecule has 0 bridgehead atoms. The number of pyridine rings is 1. The van der Waals surface area contributed by atoms with Crippen molar-refractivity contribution in [3.05, 3.63) is 88.9 Å². The van der Waals surface area contributed by atoms with E-state index in [1.165, 1.54) is 11.8 Å². The molecule has 6 nitrogen and oxygen atoms in total. The normalized spacial score (nSPS) is 11.3. The third kappa shape index (κ3) is 6.13. The number of hydrogen-bond acceptors (Lipinski definition) is 6. The molecule has 0 spiro atoms. The average Bonchev–Trinajstić information content (AvgIpc) is 2.93. The Hall–Kier alpha value is -3.80. The highest BCUT2D eigenvalue weighted by Crippen LogP contribution is 2.39. The van der Waals surface area contributed by atoms with Crippen LogP contribution in [-0.4, -0.2) is 30.4 Å². The number of anilines is 1. The first kappa shape index (κ1) is 26.3. The molecule has 3 aromatic carbocycles. The van der Waals surface area contributed by atoms with Crippen molar-refractivity contribution < 1.29 is 14.3 Å². The summed E-state index contributed by atoms with van der Waals surface area (Å²) < 4.78 is 11.8. The zero-order valence-corrected chi connectivity index (χ0v) is 22.9. The molecule has 1 N–H and O–H groups in total. The van der Waals surface area contributed by atoms with Crippen LogP contribution in [0.25, 0.3) is 22.4 Å². The van der Waals surface area contributed by atoms with Crippen LogP contribution in [0.5, 0.6) is 11.5 Å². The third-order valence-electron chi connectivity index (χ3n) is 5.63. The molecular formula is C29H24BrN3O3S. The van der Waals surface area contributed by atoms with Gasteiger partial charge in [0.25, 0.3) is 0 Å². The van der Waals surface area contributed by atoms with Gasteiger partial charge in [0.05, 0.1) is 30.7 Å². The molecule has 1 heterocycles. The summed E-state index contributed by atoms with van der Waals surface area (Å²) in [7, 11) is 3.15. The zero-order chi connectivity index (χ0) is 26.4. The number of hydrogen-bond donors (Lipinski definition) is 1. The summed E-state index contributed by atoms with van der Waals surface area (Å²) in [5.74, 6) is 0.962. The van der Waals surface area contributed by atoms with Gasteiger partial charge in [-0.25, -0.2) is 4.98 Å². The summed E-state index contributed by atoms with van der Waals surface area (Å²) in [6, 6.07) is 26.8. The number of amides is 1. The van der Waals surface area contributed by atoms with Crippen molar-refractivity contribution in [1.82, 2.24) is 4.98 Å². The molecule has 4 rings (SSSR count). The van der Waals surface area contributed by atoms with Gasteiger partial charge < -0.3 is 14.8 Å². The summed E-state index contributed by atoms with van der Waals surface area (Å²) in [4.78, 5) is 17.8. The van der Waals surface area contributed by atoms with Crippen LogP contribution < -0.4 is 14.8 Å². The van der Waals surface area contributed by atoms with Gasteiger partial charge in [0.2, 0.25) is 5.91 Å². The molecule has 0 saturated carbocycles. The quantitative estimate of drug-likeness (QED) is 0.224. The van der Waals surface area contributed by atoms with Crippen LogP contribution in [0.3, 0.4) is 0 Å². The second kappa shape index (κ2) is 12.0. The maximum absolute atomic E-state index is 13.0. The number of rotatable bonds is 8. The van der Waals surface area contributed by atoms with Crippen molar-refractivity contribution in [3.63, 3.8) is 0 Å². The van der Waals surface area contributed by atoms with Gasteiger partial charge >= 0.3 is 0 Å². The molecule has 8 heteroatoms. The summed E-state index contributed by atoms with van der Waals surface area (Å²) in [5.41, 5.74) is 4.16. The number of carbonyl (C=O) groups excluding carboxylic acids is 1. The van der Waals surface area contributed by atoms with E-state index in [0.717, 1.165) is 15.6 Å². The van der Waals surface area contributed by atoms with Crippen molar-refractivity contribution in [1.29, 1.82) is 5.26 Å². The van der Waals surface area contributed by atoms with E-state index >= 15 is 0 Å². The molecule has 1 aromatic heterocycles. The van der Waals surface area contributed by atoms with E-state index < -0.39 is 5.25 Å². The van der Waals surface area contributed by atoms with E-state index in [1.54, 1.807) is 27.2 Å². The topological polar surface area (TPSA) is 84.2 Å². The lowest BCUT2D eigenvalue weighted by atomic mass is 9.99. The van der Waals surface area contributed by atoms with Crippen LogP contribution in [0.4, 0.5) is 5.69 Å². The molecule has 0 saturated heterocycles. The van der Waals surface area contributed by atoms with Gasteiger partial charge in [-0.1, -0.05) is 64.1 Å². The Balaban J connectivity index is 1.76. The van der Waals surface area contributed by atoms with Crippen molar-refractivity contribution in [3.8, 4) is 40.0 Å². The van der Waals surface area contributed by atoms with Crippen molar-refractivity contribution >= 4 is 39.3 Å². The molecule has 0 aliphatic heterocycles. The molecule has 0 fully saturated rings. The average molecular weight is 575 g/mol. The monoisotopic (exact) mass is 573 g/mol. The van der Waals surface area contributed by atoms with Gasteiger partial charge in [0.1, 0.15) is 11.1 Å². The fraction of sp³-hybridized carbons (Fsp3) is 0.138. The van der Waals surface area contributed by atoms with E-state index in [-0.39, 0.29) is 5.91 Å². The van der Waals surface area contributed by atoms with E-state index in [2.05, 4.69) is 27.3 Å². The van der Waals surface area contributed by atoms with Crippen molar-refractivity contribution in [2.45, 2.75) is 17.2 Å². The Labute approximate surface area is 228 Å². The number of aromatic nitrogens is 1. The van der Waals surface area contributed by atoms with Crippen LogP contribution in [0.15, 0.2) is 88.4 Å². The summed E-state index contributed by atoms with van der Waals surface area (Å²) in [6.07, 6.45) is 0. The predicted octanol–water partition coefficient (Wildman–Crippen LogP) is 7.19. The number of halogens is 1. The molecule has 1 amide bonds. The minimum Gasteiger partial charge on any atom is -0.493 e. The van der Waals surface area contributed by atoms with Gasteiger partial charge in [-0.05, 0) is 55.0 Å². The number of carbonyl (C=O) groups is 1. The van der Waals surface area contributed by atoms with Gasteiger partial charge in [-0.3, -0.25) is 4.79 Å². The molecule has 1 atom stereocenters. The molecule has 4 aromatic rings. The zero-order valence-electron chi connectivity index (χ0n) is 20.5. The molecule has 0 aliphatic carbocycles. The Kier molecular flexibility index (Phi) is 8.49.